The summed E-state index contributed by atoms with van der Waals surface area (Å²) in [6.07, 6.45) is 2.00. The molecule has 1 atom stereocenters. The number of rotatable bonds is 7. The van der Waals surface area contributed by atoms with Gasteiger partial charge in [-0.2, -0.15) is 4.98 Å². The van der Waals surface area contributed by atoms with Gasteiger partial charge in [-0.1, -0.05) is 12.1 Å². The van der Waals surface area contributed by atoms with Crippen LogP contribution in [0, 0.1) is 0 Å². The fourth-order valence-corrected chi connectivity index (χ4v) is 1.62. The Kier molecular flexibility index (Phi) is 5.77. The Labute approximate surface area is 107 Å². The van der Waals surface area contributed by atoms with Gasteiger partial charge in [0.15, 0.2) is 5.82 Å². The van der Waals surface area contributed by atoms with Gasteiger partial charge in [-0.3, -0.25) is 4.79 Å². The zero-order valence-corrected chi connectivity index (χ0v) is 11.2. The second-order valence-corrected chi connectivity index (χ2v) is 4.48. The number of likely N-dealkylation sites (N-methyl/N-ethyl adjacent to an activating group) is 1. The Morgan fingerprint density at radius 1 is 1.50 bits per heavy atom. The lowest BCUT2D eigenvalue weighted by molar-refractivity contribution is -0.131. The van der Waals surface area contributed by atoms with Crippen molar-refractivity contribution in [3.63, 3.8) is 0 Å². The Morgan fingerprint density at radius 3 is 2.83 bits per heavy atom. The number of amides is 1. The Bertz CT molecular complexity index is 376. The van der Waals surface area contributed by atoms with E-state index in [2.05, 4.69) is 10.1 Å². The predicted molar refractivity (Wildman–Crippen MR) is 65.9 cm³/mol. The third-order valence-corrected chi connectivity index (χ3v) is 2.50. The van der Waals surface area contributed by atoms with Crippen LogP contribution in [0.4, 0.5) is 0 Å². The molecule has 0 saturated heterocycles. The minimum atomic E-state index is -0.515. The summed E-state index contributed by atoms with van der Waals surface area (Å²) in [6, 6.07) is 0. The van der Waals surface area contributed by atoms with Gasteiger partial charge in [-0.25, -0.2) is 0 Å². The molecule has 6 heteroatoms. The van der Waals surface area contributed by atoms with E-state index in [9.17, 15) is 9.90 Å². The van der Waals surface area contributed by atoms with Gasteiger partial charge in [0.1, 0.15) is 0 Å². The highest BCUT2D eigenvalue weighted by Gasteiger charge is 2.13. The molecular weight excluding hydrogens is 234 g/mol. The number of aryl methyl sites for hydroxylation is 2. The Balaban J connectivity index is 2.37. The molecule has 0 radical (unpaired) electrons. The Morgan fingerprint density at radius 2 is 2.22 bits per heavy atom. The number of aliphatic hydroxyl groups is 1. The number of carbonyl (C=O) groups is 1. The molecule has 102 valence electrons. The maximum absolute atomic E-state index is 11.7. The molecule has 1 unspecified atom stereocenters. The van der Waals surface area contributed by atoms with Gasteiger partial charge in [0.05, 0.1) is 6.10 Å². The van der Waals surface area contributed by atoms with E-state index in [1.54, 1.807) is 14.0 Å². The van der Waals surface area contributed by atoms with Crippen molar-refractivity contribution in [3.8, 4) is 0 Å². The number of carbonyl (C=O) groups excluding carboxylic acids is 1. The van der Waals surface area contributed by atoms with Crippen molar-refractivity contribution in [2.75, 3.05) is 13.6 Å². The third-order valence-electron chi connectivity index (χ3n) is 2.50. The summed E-state index contributed by atoms with van der Waals surface area (Å²) in [5.41, 5.74) is 0. The van der Waals surface area contributed by atoms with E-state index in [4.69, 9.17) is 4.52 Å². The van der Waals surface area contributed by atoms with Crippen LogP contribution < -0.4 is 0 Å². The molecule has 0 aromatic carbocycles. The van der Waals surface area contributed by atoms with Crippen LogP contribution in [0.25, 0.3) is 0 Å². The summed E-state index contributed by atoms with van der Waals surface area (Å²) in [4.78, 5) is 17.4. The molecule has 1 amide bonds. The average molecular weight is 255 g/mol. The molecule has 0 aliphatic carbocycles. The van der Waals surface area contributed by atoms with Crippen molar-refractivity contribution >= 4 is 5.91 Å². The first-order chi connectivity index (χ1) is 8.52. The lowest BCUT2D eigenvalue weighted by Gasteiger charge is -2.18. The summed E-state index contributed by atoms with van der Waals surface area (Å²) in [5.74, 6) is 1.15. The smallest absolute Gasteiger partial charge is 0.227 e. The van der Waals surface area contributed by atoms with E-state index in [-0.39, 0.29) is 5.91 Å². The van der Waals surface area contributed by atoms with Crippen molar-refractivity contribution in [3.05, 3.63) is 11.7 Å². The third kappa shape index (κ3) is 4.83. The number of nitrogens with zero attached hydrogens (tertiary/aromatic N) is 3. The lowest BCUT2D eigenvalue weighted by Crippen LogP contribution is -2.33. The van der Waals surface area contributed by atoms with Crippen LogP contribution in [0.3, 0.4) is 0 Å². The van der Waals surface area contributed by atoms with Crippen LogP contribution >= 0.6 is 0 Å². The standard InChI is InChI=1S/C12H21N3O3/c1-4-5-10-13-11(18-14-10)6-7-12(17)15(3)8-9(2)16/h9,16H,4-8H2,1-3H3. The van der Waals surface area contributed by atoms with E-state index >= 15 is 0 Å². The fourth-order valence-electron chi connectivity index (χ4n) is 1.62. The topological polar surface area (TPSA) is 79.5 Å². The molecule has 18 heavy (non-hydrogen) atoms. The zero-order valence-electron chi connectivity index (χ0n) is 11.2. The molecule has 0 spiro atoms. The quantitative estimate of drug-likeness (QED) is 0.779. The van der Waals surface area contributed by atoms with Crippen molar-refractivity contribution in [1.29, 1.82) is 0 Å². The summed E-state index contributed by atoms with van der Waals surface area (Å²) in [5, 5.41) is 13.0. The summed E-state index contributed by atoms with van der Waals surface area (Å²) in [7, 11) is 1.67. The second-order valence-electron chi connectivity index (χ2n) is 4.48. The summed E-state index contributed by atoms with van der Waals surface area (Å²) >= 11 is 0. The molecule has 0 aliphatic heterocycles. The first kappa shape index (κ1) is 14.6. The summed E-state index contributed by atoms with van der Waals surface area (Å²) in [6.45, 7) is 4.03. The normalized spacial score (nSPS) is 12.4. The maximum atomic E-state index is 11.7. The molecule has 1 rings (SSSR count). The van der Waals surface area contributed by atoms with Crippen LogP contribution in [-0.2, 0) is 17.6 Å². The number of hydrogen-bond acceptors (Lipinski definition) is 5. The van der Waals surface area contributed by atoms with Gasteiger partial charge >= 0.3 is 0 Å². The molecule has 0 bridgehead atoms. The first-order valence-corrected chi connectivity index (χ1v) is 6.26. The van der Waals surface area contributed by atoms with Crippen LogP contribution in [-0.4, -0.2) is 45.8 Å². The van der Waals surface area contributed by atoms with E-state index < -0.39 is 6.10 Å². The molecule has 1 aromatic heterocycles. The molecule has 6 nitrogen and oxygen atoms in total. The van der Waals surface area contributed by atoms with Crippen molar-refractivity contribution in [2.45, 2.75) is 45.6 Å². The minimum Gasteiger partial charge on any atom is -0.392 e. The number of aliphatic hydroxyl groups excluding tert-OH is 1. The SMILES string of the molecule is CCCc1noc(CCC(=O)N(C)CC(C)O)n1. The molecular formula is C12H21N3O3. The van der Waals surface area contributed by atoms with Crippen LogP contribution in [0.15, 0.2) is 4.52 Å². The van der Waals surface area contributed by atoms with Crippen LogP contribution in [0.1, 0.15) is 38.4 Å². The highest BCUT2D eigenvalue weighted by atomic mass is 16.5. The highest BCUT2D eigenvalue weighted by molar-refractivity contribution is 5.76. The molecule has 1 aromatic rings. The largest absolute Gasteiger partial charge is 0.392 e. The lowest BCUT2D eigenvalue weighted by atomic mass is 10.2. The monoisotopic (exact) mass is 255 g/mol. The van der Waals surface area contributed by atoms with E-state index in [0.717, 1.165) is 12.8 Å². The maximum Gasteiger partial charge on any atom is 0.227 e. The van der Waals surface area contributed by atoms with Gasteiger partial charge in [0.2, 0.25) is 11.8 Å². The van der Waals surface area contributed by atoms with Crippen LogP contribution in [0.5, 0.6) is 0 Å². The molecule has 0 saturated carbocycles. The molecule has 1 heterocycles. The fraction of sp³-hybridized carbons (Fsp3) is 0.750. The van der Waals surface area contributed by atoms with Gasteiger partial charge in [-0.05, 0) is 13.3 Å². The van der Waals surface area contributed by atoms with Gasteiger partial charge < -0.3 is 14.5 Å². The summed E-state index contributed by atoms with van der Waals surface area (Å²) < 4.78 is 5.05. The molecule has 0 fully saturated rings. The van der Waals surface area contributed by atoms with Crippen molar-refractivity contribution < 1.29 is 14.4 Å². The van der Waals surface area contributed by atoms with Crippen molar-refractivity contribution in [1.82, 2.24) is 15.0 Å². The minimum absolute atomic E-state index is 0.0360. The highest BCUT2D eigenvalue weighted by Crippen LogP contribution is 2.04. The molecule has 0 aliphatic rings. The van der Waals surface area contributed by atoms with E-state index in [1.165, 1.54) is 4.90 Å². The van der Waals surface area contributed by atoms with Gasteiger partial charge in [0.25, 0.3) is 0 Å². The molecule has 1 N–H and O–H groups in total. The van der Waals surface area contributed by atoms with E-state index in [0.29, 0.717) is 31.1 Å². The van der Waals surface area contributed by atoms with E-state index in [1.807, 2.05) is 6.92 Å². The zero-order chi connectivity index (χ0) is 13.5. The predicted octanol–water partition coefficient (Wildman–Crippen LogP) is 0.794. The second kappa shape index (κ2) is 7.10. The average Bonchev–Trinajstić information content (AvgIpc) is 2.73. The van der Waals surface area contributed by atoms with Gasteiger partial charge in [-0.15, -0.1) is 0 Å². The number of hydrogen-bond donors (Lipinski definition) is 1. The Hall–Kier alpha value is -1.43. The van der Waals surface area contributed by atoms with Crippen molar-refractivity contribution in [2.24, 2.45) is 0 Å². The van der Waals surface area contributed by atoms with Gasteiger partial charge in [0, 0.05) is 32.9 Å². The van der Waals surface area contributed by atoms with Crippen LogP contribution in [0.2, 0.25) is 0 Å². The number of aromatic nitrogens is 2. The first-order valence-electron chi connectivity index (χ1n) is 6.26.